The van der Waals surface area contributed by atoms with Crippen LogP contribution in [0.4, 0.5) is 22.7 Å². The summed E-state index contributed by atoms with van der Waals surface area (Å²) in [5.41, 5.74) is 15.1. The molecule has 0 N–H and O–H groups in total. The Kier molecular flexibility index (Phi) is 10.2. The quantitative estimate of drug-likeness (QED) is 0.145. The largest absolute Gasteiger partial charge is 0.457 e. The number of anilines is 4. The van der Waals surface area contributed by atoms with E-state index in [4.69, 9.17) is 9.72 Å². The predicted octanol–water partition coefficient (Wildman–Crippen LogP) is 15.8. The number of hydrogen-bond donors (Lipinski definition) is 0. The lowest BCUT2D eigenvalue weighted by Crippen LogP contribution is -2.25. The number of fused-ring (bicyclic) bond motifs is 4. The van der Waals surface area contributed by atoms with Crippen LogP contribution >= 0.6 is 0 Å². The third-order valence-corrected chi connectivity index (χ3v) is 14.0. The first-order chi connectivity index (χ1) is 31.2. The Morgan fingerprint density at radius 1 is 0.446 bits per heavy atom. The number of pyridine rings is 1. The number of para-hydroxylation sites is 1. The van der Waals surface area contributed by atoms with E-state index in [0.29, 0.717) is 6.67 Å². The molecule has 0 unspecified atom stereocenters. The van der Waals surface area contributed by atoms with Crippen LogP contribution in [0.2, 0.25) is 0 Å². The molecule has 0 radical (unpaired) electrons. The molecule has 7 aromatic carbocycles. The maximum atomic E-state index is 7.07. The Balaban J connectivity index is 1.08. The fourth-order valence-electron chi connectivity index (χ4n) is 9.62. The topological polar surface area (TPSA) is 33.5 Å². The van der Waals surface area contributed by atoms with Gasteiger partial charge >= 0.3 is 0 Å². The molecule has 0 atom stereocenters. The van der Waals surface area contributed by atoms with Crippen molar-refractivity contribution in [2.45, 2.75) is 78.6 Å². The van der Waals surface area contributed by atoms with Gasteiger partial charge in [-0.25, -0.2) is 4.98 Å². The lowest BCUT2D eigenvalue weighted by atomic mass is 9.78. The van der Waals surface area contributed by atoms with E-state index < -0.39 is 0 Å². The Morgan fingerprint density at radius 2 is 1.02 bits per heavy atom. The van der Waals surface area contributed by atoms with E-state index in [0.717, 1.165) is 45.1 Å². The van der Waals surface area contributed by atoms with Gasteiger partial charge in [0.2, 0.25) is 0 Å². The highest BCUT2D eigenvalue weighted by Crippen LogP contribution is 2.48. The summed E-state index contributed by atoms with van der Waals surface area (Å²) in [5, 5.41) is 2.34. The summed E-state index contributed by atoms with van der Waals surface area (Å²) in [7, 11) is 0. The molecule has 0 aliphatic carbocycles. The molecular weight excluding hydrogens is 793 g/mol. The molecule has 0 saturated carbocycles. The van der Waals surface area contributed by atoms with Gasteiger partial charge in [0, 0.05) is 51.3 Å². The van der Waals surface area contributed by atoms with E-state index in [1.54, 1.807) is 0 Å². The highest BCUT2D eigenvalue weighted by Gasteiger charge is 2.32. The summed E-state index contributed by atoms with van der Waals surface area (Å²) in [6.45, 7) is 21.1. The van der Waals surface area contributed by atoms with Crippen LogP contribution in [-0.2, 0) is 16.2 Å². The first-order valence-corrected chi connectivity index (χ1v) is 22.9. The van der Waals surface area contributed by atoms with Crippen molar-refractivity contribution in [3.05, 3.63) is 215 Å². The molecule has 0 saturated heterocycles. The maximum absolute atomic E-state index is 7.07. The molecule has 1 aliphatic heterocycles. The first kappa shape index (κ1) is 41.9. The Labute approximate surface area is 384 Å². The van der Waals surface area contributed by atoms with Crippen LogP contribution < -0.4 is 14.5 Å². The van der Waals surface area contributed by atoms with E-state index in [1.807, 2.05) is 6.20 Å². The molecule has 0 amide bonds. The molecule has 0 fully saturated rings. The highest BCUT2D eigenvalue weighted by molar-refractivity contribution is 6.09. The second kappa shape index (κ2) is 15.8. The summed E-state index contributed by atoms with van der Waals surface area (Å²) in [5.74, 6) is 2.45. The van der Waals surface area contributed by atoms with Crippen LogP contribution in [0.5, 0.6) is 11.5 Å². The molecule has 5 nitrogen and oxygen atoms in total. The fraction of sp³-hybridized carbons (Fsp3) is 0.217. The Morgan fingerprint density at radius 3 is 1.66 bits per heavy atom. The standard InChI is InChI=1S/C60H58N4O/c1-40-32-55-56(33-41(40)2)63(39-62(55)47-26-24-44(25-27-47)59(6,7)42-18-12-10-13-19-42)48-34-46(60(8,9)43-20-14-11-15-21-43)35-50(37-48)65-49-28-29-52-51-22-16-17-23-53(51)64(54(52)38-49)57-36-45(30-31-61-57)58(3,4)5/h10-38H,39H2,1-9H3. The van der Waals surface area contributed by atoms with Gasteiger partial charge in [0.05, 0.1) is 22.4 Å². The summed E-state index contributed by atoms with van der Waals surface area (Å²) in [4.78, 5) is 9.84. The molecule has 0 spiro atoms. The van der Waals surface area contributed by atoms with Crippen LogP contribution in [0.1, 0.15) is 87.4 Å². The lowest BCUT2D eigenvalue weighted by molar-refractivity contribution is 0.480. The number of nitrogens with zero attached hydrogens (tertiary/aromatic N) is 4. The second-order valence-corrected chi connectivity index (χ2v) is 20.0. The second-order valence-electron chi connectivity index (χ2n) is 20.0. The van der Waals surface area contributed by atoms with Crippen molar-refractivity contribution in [2.24, 2.45) is 0 Å². The van der Waals surface area contributed by atoms with Crippen LogP contribution in [0.15, 0.2) is 176 Å². The average molecular weight is 851 g/mol. The summed E-state index contributed by atoms with van der Waals surface area (Å²) in [6.07, 6.45) is 1.93. The average Bonchev–Trinajstić information content (AvgIpc) is 3.84. The van der Waals surface area contributed by atoms with Crippen molar-refractivity contribution in [1.82, 2.24) is 9.55 Å². The van der Waals surface area contributed by atoms with Crippen molar-refractivity contribution in [1.29, 1.82) is 0 Å². The van der Waals surface area contributed by atoms with Gasteiger partial charge < -0.3 is 14.5 Å². The predicted molar refractivity (Wildman–Crippen MR) is 272 cm³/mol. The normalized spacial score (nSPS) is 13.2. The molecule has 9 aromatic rings. The minimum atomic E-state index is -0.317. The molecule has 1 aliphatic rings. The molecule has 2 aromatic heterocycles. The number of rotatable bonds is 9. The van der Waals surface area contributed by atoms with Gasteiger partial charge in [-0.1, -0.05) is 139 Å². The lowest BCUT2D eigenvalue weighted by Gasteiger charge is -2.29. The van der Waals surface area contributed by atoms with Gasteiger partial charge in [-0.15, -0.1) is 0 Å². The van der Waals surface area contributed by atoms with Gasteiger partial charge in [0.1, 0.15) is 24.0 Å². The summed E-state index contributed by atoms with van der Waals surface area (Å²) >= 11 is 0. The maximum Gasteiger partial charge on any atom is 0.137 e. The van der Waals surface area contributed by atoms with Gasteiger partial charge in [-0.2, -0.15) is 0 Å². The molecule has 3 heterocycles. The van der Waals surface area contributed by atoms with Crippen LogP contribution in [0, 0.1) is 13.8 Å². The number of hydrogen-bond acceptors (Lipinski definition) is 4. The number of aromatic nitrogens is 2. The Hall–Kier alpha value is -7.11. The highest BCUT2D eigenvalue weighted by atomic mass is 16.5. The van der Waals surface area contributed by atoms with Crippen molar-refractivity contribution >= 4 is 44.6 Å². The zero-order valence-corrected chi connectivity index (χ0v) is 39.1. The van der Waals surface area contributed by atoms with Crippen LogP contribution in [0.3, 0.4) is 0 Å². The smallest absolute Gasteiger partial charge is 0.137 e. The fourth-order valence-corrected chi connectivity index (χ4v) is 9.62. The zero-order valence-electron chi connectivity index (χ0n) is 39.1. The van der Waals surface area contributed by atoms with E-state index in [-0.39, 0.29) is 16.2 Å². The minimum Gasteiger partial charge on any atom is -0.457 e. The molecule has 65 heavy (non-hydrogen) atoms. The van der Waals surface area contributed by atoms with Gasteiger partial charge in [-0.05, 0) is 125 Å². The van der Waals surface area contributed by atoms with Crippen molar-refractivity contribution in [2.75, 3.05) is 16.5 Å². The summed E-state index contributed by atoms with van der Waals surface area (Å²) in [6, 6.07) is 61.7. The van der Waals surface area contributed by atoms with Crippen LogP contribution in [0.25, 0.3) is 27.6 Å². The minimum absolute atomic E-state index is 0.0181. The molecular formula is C60H58N4O. The number of benzene rings is 7. The van der Waals surface area contributed by atoms with E-state index >= 15 is 0 Å². The molecule has 0 bridgehead atoms. The molecule has 5 heteroatoms. The third kappa shape index (κ3) is 7.53. The Bertz CT molecular complexity index is 3210. The first-order valence-electron chi connectivity index (χ1n) is 22.9. The van der Waals surface area contributed by atoms with Gasteiger partial charge in [0.25, 0.3) is 0 Å². The number of aryl methyl sites for hydroxylation is 2. The zero-order chi connectivity index (χ0) is 45.3. The third-order valence-electron chi connectivity index (χ3n) is 14.0. The molecule has 10 rings (SSSR count). The number of ether oxygens (including phenoxy) is 1. The van der Waals surface area contributed by atoms with E-state index in [1.165, 1.54) is 55.7 Å². The van der Waals surface area contributed by atoms with E-state index in [9.17, 15) is 0 Å². The monoisotopic (exact) mass is 850 g/mol. The van der Waals surface area contributed by atoms with Crippen molar-refractivity contribution in [3.63, 3.8) is 0 Å². The summed E-state index contributed by atoms with van der Waals surface area (Å²) < 4.78 is 9.35. The van der Waals surface area contributed by atoms with Crippen molar-refractivity contribution in [3.8, 4) is 17.3 Å². The van der Waals surface area contributed by atoms with Crippen LogP contribution in [-0.4, -0.2) is 16.2 Å². The van der Waals surface area contributed by atoms with Gasteiger partial charge in [0.15, 0.2) is 0 Å². The van der Waals surface area contributed by atoms with E-state index in [2.05, 4.69) is 247 Å². The van der Waals surface area contributed by atoms with Gasteiger partial charge in [-0.3, -0.25) is 4.57 Å². The van der Waals surface area contributed by atoms with Crippen molar-refractivity contribution < 1.29 is 4.74 Å². The molecule has 324 valence electrons. The SMILES string of the molecule is Cc1cc2c(cc1C)N(c1cc(Oc3ccc4c5ccccc5n(-c5cc(C(C)(C)C)ccn5)c4c3)cc(C(C)(C)c3ccccc3)c1)CN2c1ccc(C(C)(C)c2ccccc2)cc1.